The second-order valence-electron chi connectivity index (χ2n) is 7.95. The number of halogens is 2. The summed E-state index contributed by atoms with van der Waals surface area (Å²) in [6.07, 6.45) is 0. The number of carbonyl (C=O) groups excluding carboxylic acids is 1. The number of nitrogens with zero attached hydrogens (tertiary/aromatic N) is 1. The van der Waals surface area contributed by atoms with E-state index < -0.39 is 10.0 Å². The van der Waals surface area contributed by atoms with E-state index in [2.05, 4.69) is 10.0 Å². The predicted molar refractivity (Wildman–Crippen MR) is 141 cm³/mol. The maximum absolute atomic E-state index is 13.1. The standard InChI is InChI=1S/C25H25Cl2N3O5S/c26-19-2-6-21(7-3-19)35-14-11-28-23-10-1-18(25(31)30-12-15-34-16-13-30)17-24(23)29-36(32,33)22-8-4-20(27)5-9-22/h1-10,17,28-29H,11-16H2. The first-order chi connectivity index (χ1) is 17.3. The molecule has 0 aliphatic carbocycles. The third-order valence-corrected chi connectivity index (χ3v) is 7.32. The minimum Gasteiger partial charge on any atom is -0.492 e. The molecule has 1 amide bonds. The fourth-order valence-corrected chi connectivity index (χ4v) is 4.89. The number of anilines is 2. The van der Waals surface area contributed by atoms with Crippen LogP contribution in [0.25, 0.3) is 0 Å². The molecule has 190 valence electrons. The smallest absolute Gasteiger partial charge is 0.261 e. The minimum atomic E-state index is -3.93. The Kier molecular flexibility index (Phi) is 8.58. The average molecular weight is 550 g/mol. The molecule has 0 aromatic heterocycles. The summed E-state index contributed by atoms with van der Waals surface area (Å²) in [4.78, 5) is 14.7. The van der Waals surface area contributed by atoms with Crippen molar-refractivity contribution >= 4 is 50.5 Å². The Hall–Kier alpha value is -2.98. The van der Waals surface area contributed by atoms with Crippen LogP contribution in [-0.4, -0.2) is 58.7 Å². The van der Waals surface area contributed by atoms with Gasteiger partial charge in [0, 0.05) is 35.2 Å². The highest BCUT2D eigenvalue weighted by Crippen LogP contribution is 2.28. The third kappa shape index (κ3) is 6.82. The van der Waals surface area contributed by atoms with Crippen molar-refractivity contribution in [2.75, 3.05) is 49.5 Å². The first-order valence-electron chi connectivity index (χ1n) is 11.2. The number of sulfonamides is 1. The van der Waals surface area contributed by atoms with Gasteiger partial charge in [0.25, 0.3) is 15.9 Å². The van der Waals surface area contributed by atoms with Crippen molar-refractivity contribution in [3.05, 3.63) is 82.3 Å². The molecule has 0 unspecified atom stereocenters. The Bertz CT molecular complexity index is 1300. The monoisotopic (exact) mass is 549 g/mol. The van der Waals surface area contributed by atoms with E-state index in [4.69, 9.17) is 32.7 Å². The fourth-order valence-electron chi connectivity index (χ4n) is 3.57. The van der Waals surface area contributed by atoms with E-state index in [-0.39, 0.29) is 16.5 Å². The number of hydrogen-bond donors (Lipinski definition) is 2. The number of rotatable bonds is 9. The van der Waals surface area contributed by atoms with Crippen molar-refractivity contribution in [2.24, 2.45) is 0 Å². The van der Waals surface area contributed by atoms with Gasteiger partial charge < -0.3 is 19.7 Å². The normalized spacial score (nSPS) is 13.8. The van der Waals surface area contributed by atoms with E-state index in [1.165, 1.54) is 30.3 Å². The molecule has 1 aliphatic rings. The maximum atomic E-state index is 13.1. The van der Waals surface area contributed by atoms with Crippen molar-refractivity contribution in [3.8, 4) is 5.75 Å². The summed E-state index contributed by atoms with van der Waals surface area (Å²) in [5.41, 5.74) is 1.12. The maximum Gasteiger partial charge on any atom is 0.261 e. The zero-order valence-electron chi connectivity index (χ0n) is 19.2. The van der Waals surface area contributed by atoms with Crippen LogP contribution in [-0.2, 0) is 14.8 Å². The number of morpholine rings is 1. The summed E-state index contributed by atoms with van der Waals surface area (Å²) >= 11 is 11.8. The van der Waals surface area contributed by atoms with Crippen LogP contribution in [0, 0.1) is 0 Å². The van der Waals surface area contributed by atoms with E-state index in [1.54, 1.807) is 41.3 Å². The molecular weight excluding hydrogens is 525 g/mol. The molecule has 2 N–H and O–H groups in total. The molecule has 3 aromatic carbocycles. The SMILES string of the molecule is O=C(c1ccc(NCCOc2ccc(Cl)cc2)c(NS(=O)(=O)c2ccc(Cl)cc2)c1)N1CCOCC1. The summed E-state index contributed by atoms with van der Waals surface area (Å²) in [5.74, 6) is 0.471. The molecule has 0 radical (unpaired) electrons. The Morgan fingerprint density at radius 1 is 0.917 bits per heavy atom. The van der Waals surface area contributed by atoms with Crippen molar-refractivity contribution in [2.45, 2.75) is 4.90 Å². The number of nitrogens with one attached hydrogen (secondary N) is 2. The van der Waals surface area contributed by atoms with Crippen molar-refractivity contribution < 1.29 is 22.7 Å². The highest BCUT2D eigenvalue weighted by atomic mass is 35.5. The topological polar surface area (TPSA) is 97.0 Å². The molecule has 0 spiro atoms. The van der Waals surface area contributed by atoms with Crippen LogP contribution in [0.1, 0.15) is 10.4 Å². The fraction of sp³-hybridized carbons (Fsp3) is 0.240. The Labute approximate surface area is 220 Å². The predicted octanol–water partition coefficient (Wildman–Crippen LogP) is 4.76. The van der Waals surface area contributed by atoms with Crippen LogP contribution >= 0.6 is 23.2 Å². The van der Waals surface area contributed by atoms with Gasteiger partial charge in [0.05, 0.1) is 29.5 Å². The Morgan fingerprint density at radius 2 is 1.56 bits per heavy atom. The number of carbonyl (C=O) groups is 1. The molecule has 1 heterocycles. The quantitative estimate of drug-likeness (QED) is 0.373. The van der Waals surface area contributed by atoms with E-state index >= 15 is 0 Å². The van der Waals surface area contributed by atoms with Crippen molar-refractivity contribution in [1.29, 1.82) is 0 Å². The molecule has 0 saturated carbocycles. The molecular formula is C25H25Cl2N3O5S. The highest BCUT2D eigenvalue weighted by molar-refractivity contribution is 7.92. The second-order valence-corrected chi connectivity index (χ2v) is 10.5. The van der Waals surface area contributed by atoms with Crippen molar-refractivity contribution in [1.82, 2.24) is 4.90 Å². The van der Waals surface area contributed by atoms with Gasteiger partial charge in [0.15, 0.2) is 0 Å². The van der Waals surface area contributed by atoms with Gasteiger partial charge in [-0.15, -0.1) is 0 Å². The lowest BCUT2D eigenvalue weighted by atomic mass is 10.1. The second kappa shape index (κ2) is 11.8. The number of hydrogen-bond acceptors (Lipinski definition) is 6. The van der Waals surface area contributed by atoms with E-state index in [0.29, 0.717) is 66.5 Å². The minimum absolute atomic E-state index is 0.0498. The lowest BCUT2D eigenvalue weighted by Crippen LogP contribution is -2.40. The third-order valence-electron chi connectivity index (χ3n) is 5.43. The molecule has 4 rings (SSSR count). The van der Waals surface area contributed by atoms with Gasteiger partial charge >= 0.3 is 0 Å². The first-order valence-corrected chi connectivity index (χ1v) is 13.5. The van der Waals surface area contributed by atoms with Gasteiger partial charge in [-0.2, -0.15) is 0 Å². The summed E-state index contributed by atoms with van der Waals surface area (Å²) in [5, 5.41) is 4.22. The number of amides is 1. The number of benzene rings is 3. The molecule has 11 heteroatoms. The molecule has 1 aliphatic heterocycles. The molecule has 3 aromatic rings. The zero-order chi connectivity index (χ0) is 25.5. The summed E-state index contributed by atoms with van der Waals surface area (Å²) in [6, 6.07) is 17.7. The van der Waals surface area contributed by atoms with Gasteiger partial charge in [0.2, 0.25) is 0 Å². The Morgan fingerprint density at radius 3 is 2.22 bits per heavy atom. The molecule has 1 fully saturated rings. The summed E-state index contributed by atoms with van der Waals surface area (Å²) < 4.78 is 39.7. The number of ether oxygens (including phenoxy) is 2. The van der Waals surface area contributed by atoms with Crippen molar-refractivity contribution in [3.63, 3.8) is 0 Å². The van der Waals surface area contributed by atoms with Crippen LogP contribution in [0.15, 0.2) is 71.6 Å². The molecule has 0 bridgehead atoms. The van der Waals surface area contributed by atoms with Crippen LogP contribution in [0.3, 0.4) is 0 Å². The van der Waals surface area contributed by atoms with Crippen LogP contribution < -0.4 is 14.8 Å². The molecule has 36 heavy (non-hydrogen) atoms. The van der Waals surface area contributed by atoms with Gasteiger partial charge in [-0.1, -0.05) is 23.2 Å². The Balaban J connectivity index is 1.53. The van der Waals surface area contributed by atoms with Crippen LogP contribution in [0.5, 0.6) is 5.75 Å². The van der Waals surface area contributed by atoms with E-state index in [1.807, 2.05) is 0 Å². The van der Waals surface area contributed by atoms with Crippen LogP contribution in [0.4, 0.5) is 11.4 Å². The summed E-state index contributed by atoms with van der Waals surface area (Å²) in [7, 11) is -3.93. The lowest BCUT2D eigenvalue weighted by Gasteiger charge is -2.27. The van der Waals surface area contributed by atoms with Gasteiger partial charge in [-0.05, 0) is 66.7 Å². The lowest BCUT2D eigenvalue weighted by molar-refractivity contribution is 0.0303. The largest absolute Gasteiger partial charge is 0.492 e. The van der Waals surface area contributed by atoms with E-state index in [0.717, 1.165) is 0 Å². The first kappa shape index (κ1) is 26.1. The molecule has 1 saturated heterocycles. The average Bonchev–Trinajstić information content (AvgIpc) is 2.88. The van der Waals surface area contributed by atoms with Crippen LogP contribution in [0.2, 0.25) is 10.0 Å². The van der Waals surface area contributed by atoms with Gasteiger partial charge in [-0.3, -0.25) is 9.52 Å². The molecule has 0 atom stereocenters. The van der Waals surface area contributed by atoms with E-state index in [9.17, 15) is 13.2 Å². The highest BCUT2D eigenvalue weighted by Gasteiger charge is 2.22. The van der Waals surface area contributed by atoms with Gasteiger partial charge in [0.1, 0.15) is 12.4 Å². The zero-order valence-corrected chi connectivity index (χ0v) is 21.6. The summed E-state index contributed by atoms with van der Waals surface area (Å²) in [6.45, 7) is 2.60. The molecule has 8 nitrogen and oxygen atoms in total. The van der Waals surface area contributed by atoms with Gasteiger partial charge in [-0.25, -0.2) is 8.42 Å².